The van der Waals surface area contributed by atoms with E-state index in [4.69, 9.17) is 5.11 Å². The second kappa shape index (κ2) is 7.64. The van der Waals surface area contributed by atoms with Gasteiger partial charge in [-0.25, -0.2) is 4.79 Å². The molecule has 0 unspecified atom stereocenters. The van der Waals surface area contributed by atoms with Crippen LogP contribution < -0.4 is 16.0 Å². The van der Waals surface area contributed by atoms with Crippen molar-refractivity contribution < 1.29 is 27.9 Å². The lowest BCUT2D eigenvalue weighted by atomic mass is 10.1. The molecule has 0 fully saturated rings. The Hall–Kier alpha value is -2.29. The number of aliphatic hydroxyl groups is 1. The normalized spacial score (nSPS) is 11.0. The van der Waals surface area contributed by atoms with Gasteiger partial charge in [0.15, 0.2) is 0 Å². The highest BCUT2D eigenvalue weighted by atomic mass is 19.4. The first-order valence-corrected chi connectivity index (χ1v) is 6.34. The maximum absolute atomic E-state index is 12.1. The van der Waals surface area contributed by atoms with Crippen molar-refractivity contribution in [1.82, 2.24) is 10.6 Å². The molecule has 0 aliphatic carbocycles. The van der Waals surface area contributed by atoms with E-state index in [1.165, 1.54) is 18.2 Å². The average Bonchev–Trinajstić information content (AvgIpc) is 2.44. The van der Waals surface area contributed by atoms with E-state index in [2.05, 4.69) is 10.6 Å². The van der Waals surface area contributed by atoms with Crippen molar-refractivity contribution >= 4 is 17.6 Å². The van der Waals surface area contributed by atoms with Crippen LogP contribution >= 0.6 is 0 Å². The molecule has 0 saturated heterocycles. The zero-order valence-corrected chi connectivity index (χ0v) is 11.8. The summed E-state index contributed by atoms with van der Waals surface area (Å²) in [4.78, 5) is 23.1. The Kier molecular flexibility index (Phi) is 6.17. The third-order valence-corrected chi connectivity index (χ3v) is 2.59. The van der Waals surface area contributed by atoms with Gasteiger partial charge in [0.25, 0.3) is 5.91 Å². The molecule has 3 amide bonds. The molecule has 0 saturated carbocycles. The van der Waals surface area contributed by atoms with Crippen molar-refractivity contribution in [3.8, 4) is 0 Å². The van der Waals surface area contributed by atoms with Gasteiger partial charge in [0, 0.05) is 17.8 Å². The maximum atomic E-state index is 12.1. The van der Waals surface area contributed by atoms with E-state index in [-0.39, 0.29) is 24.4 Å². The zero-order chi connectivity index (χ0) is 16.8. The van der Waals surface area contributed by atoms with Crippen molar-refractivity contribution in [1.29, 1.82) is 0 Å². The van der Waals surface area contributed by atoms with E-state index in [1.807, 2.05) is 0 Å². The van der Waals surface area contributed by atoms with Crippen LogP contribution in [-0.2, 0) is 0 Å². The Labute approximate surface area is 124 Å². The number of anilines is 1. The van der Waals surface area contributed by atoms with Crippen LogP contribution in [0.2, 0.25) is 0 Å². The van der Waals surface area contributed by atoms with E-state index in [9.17, 15) is 22.8 Å². The van der Waals surface area contributed by atoms with E-state index in [1.54, 1.807) is 12.2 Å². The van der Waals surface area contributed by atoms with Gasteiger partial charge in [-0.05, 0) is 24.6 Å². The van der Waals surface area contributed by atoms with Gasteiger partial charge in [0.05, 0.1) is 6.61 Å². The molecule has 0 bridgehead atoms. The summed E-state index contributed by atoms with van der Waals surface area (Å²) in [7, 11) is 0. The lowest BCUT2D eigenvalue weighted by Gasteiger charge is -2.12. The number of aliphatic hydroxyl groups excluding tert-OH is 1. The standard InChI is InChI=1S/C13H16F3N3O3/c1-8-2-3-9(11(21)18-7-13(14,15)16)6-10(8)19-12(22)17-4-5-20/h2-3,6,20H,4-5,7H2,1H3,(H,18,21)(H2,17,19,22). The summed E-state index contributed by atoms with van der Waals surface area (Å²) in [6.07, 6.45) is -4.49. The number of amides is 3. The highest BCUT2D eigenvalue weighted by molar-refractivity contribution is 5.97. The third-order valence-electron chi connectivity index (χ3n) is 2.59. The number of hydrogen-bond acceptors (Lipinski definition) is 3. The first-order valence-electron chi connectivity index (χ1n) is 6.34. The Morgan fingerprint density at radius 3 is 2.50 bits per heavy atom. The number of hydrogen-bond donors (Lipinski definition) is 4. The van der Waals surface area contributed by atoms with E-state index in [0.29, 0.717) is 5.56 Å². The number of urea groups is 1. The Bertz CT molecular complexity index is 547. The topological polar surface area (TPSA) is 90.5 Å². The SMILES string of the molecule is Cc1ccc(C(=O)NCC(F)(F)F)cc1NC(=O)NCCO. The van der Waals surface area contributed by atoms with Gasteiger partial charge in [-0.15, -0.1) is 0 Å². The van der Waals surface area contributed by atoms with Crippen LogP contribution in [0.5, 0.6) is 0 Å². The van der Waals surface area contributed by atoms with Gasteiger partial charge in [0.2, 0.25) is 0 Å². The van der Waals surface area contributed by atoms with Gasteiger partial charge in [-0.3, -0.25) is 4.79 Å². The highest BCUT2D eigenvalue weighted by Crippen LogP contribution is 2.18. The first kappa shape index (κ1) is 17.8. The molecule has 4 N–H and O–H groups in total. The zero-order valence-electron chi connectivity index (χ0n) is 11.8. The number of alkyl halides is 3. The molecule has 0 heterocycles. The Balaban J connectivity index is 2.76. The summed E-state index contributed by atoms with van der Waals surface area (Å²) in [6, 6.07) is 3.55. The van der Waals surface area contributed by atoms with Gasteiger partial charge in [0.1, 0.15) is 6.54 Å². The molecular formula is C13H16F3N3O3. The molecule has 0 aliphatic rings. The van der Waals surface area contributed by atoms with Gasteiger partial charge in [-0.1, -0.05) is 6.07 Å². The minimum atomic E-state index is -4.49. The van der Waals surface area contributed by atoms with Crippen LogP contribution in [0.1, 0.15) is 15.9 Å². The summed E-state index contributed by atoms with van der Waals surface area (Å²) in [5, 5.41) is 15.1. The fourth-order valence-corrected chi connectivity index (χ4v) is 1.52. The second-order valence-electron chi connectivity index (χ2n) is 4.43. The van der Waals surface area contributed by atoms with Crippen molar-refractivity contribution in [2.75, 3.05) is 25.0 Å². The summed E-state index contributed by atoms with van der Waals surface area (Å²) in [5.41, 5.74) is 0.911. The number of halogens is 3. The van der Waals surface area contributed by atoms with Crippen LogP contribution in [0.25, 0.3) is 0 Å². The minimum absolute atomic E-state index is 0.00712. The van der Waals surface area contributed by atoms with Gasteiger partial charge >= 0.3 is 12.2 Å². The molecule has 1 rings (SSSR count). The van der Waals surface area contributed by atoms with E-state index in [0.717, 1.165) is 0 Å². The monoisotopic (exact) mass is 319 g/mol. The molecule has 1 aromatic carbocycles. The third kappa shape index (κ3) is 6.00. The average molecular weight is 319 g/mol. The summed E-state index contributed by atoms with van der Waals surface area (Å²) in [5.74, 6) is -0.892. The predicted octanol–water partition coefficient (Wildman–Crippen LogP) is 1.40. The van der Waals surface area contributed by atoms with Gasteiger partial charge in [-0.2, -0.15) is 13.2 Å². The van der Waals surface area contributed by atoms with Crippen LogP contribution in [0.3, 0.4) is 0 Å². The first-order chi connectivity index (χ1) is 10.2. The lowest BCUT2D eigenvalue weighted by molar-refractivity contribution is -0.123. The predicted molar refractivity (Wildman–Crippen MR) is 73.7 cm³/mol. The summed E-state index contributed by atoms with van der Waals surface area (Å²) >= 11 is 0. The van der Waals surface area contributed by atoms with Gasteiger partial charge < -0.3 is 21.1 Å². The number of aryl methyl sites for hydroxylation is 1. The number of carbonyl (C=O) groups is 2. The molecule has 22 heavy (non-hydrogen) atoms. The minimum Gasteiger partial charge on any atom is -0.395 e. The van der Waals surface area contributed by atoms with Crippen molar-refractivity contribution in [2.45, 2.75) is 13.1 Å². The molecule has 9 heteroatoms. The molecule has 0 aliphatic heterocycles. The molecule has 0 radical (unpaired) electrons. The number of benzene rings is 1. The Morgan fingerprint density at radius 1 is 1.23 bits per heavy atom. The molecular weight excluding hydrogens is 303 g/mol. The quantitative estimate of drug-likeness (QED) is 0.661. The fraction of sp³-hybridized carbons (Fsp3) is 0.385. The van der Waals surface area contributed by atoms with E-state index >= 15 is 0 Å². The van der Waals surface area contributed by atoms with Crippen LogP contribution in [0, 0.1) is 6.92 Å². The van der Waals surface area contributed by atoms with Crippen LogP contribution in [0.15, 0.2) is 18.2 Å². The highest BCUT2D eigenvalue weighted by Gasteiger charge is 2.28. The van der Waals surface area contributed by atoms with Crippen molar-refractivity contribution in [3.05, 3.63) is 29.3 Å². The molecule has 6 nitrogen and oxygen atoms in total. The second-order valence-corrected chi connectivity index (χ2v) is 4.43. The summed E-state index contributed by atoms with van der Waals surface area (Å²) in [6.45, 7) is 0.0570. The summed E-state index contributed by atoms with van der Waals surface area (Å²) < 4.78 is 36.2. The lowest BCUT2D eigenvalue weighted by Crippen LogP contribution is -2.34. The molecule has 1 aromatic rings. The Morgan fingerprint density at radius 2 is 1.91 bits per heavy atom. The number of carbonyl (C=O) groups excluding carboxylic acids is 2. The number of nitrogens with one attached hydrogen (secondary N) is 3. The van der Waals surface area contributed by atoms with E-state index < -0.39 is 24.7 Å². The van der Waals surface area contributed by atoms with Crippen LogP contribution in [-0.4, -0.2) is 42.9 Å². The smallest absolute Gasteiger partial charge is 0.395 e. The molecule has 0 spiro atoms. The molecule has 122 valence electrons. The molecule has 0 atom stereocenters. The fourth-order valence-electron chi connectivity index (χ4n) is 1.52. The van der Waals surface area contributed by atoms with Crippen molar-refractivity contribution in [2.24, 2.45) is 0 Å². The van der Waals surface area contributed by atoms with Crippen LogP contribution in [0.4, 0.5) is 23.7 Å². The number of rotatable bonds is 5. The largest absolute Gasteiger partial charge is 0.405 e. The molecule has 0 aromatic heterocycles. The maximum Gasteiger partial charge on any atom is 0.405 e. The van der Waals surface area contributed by atoms with Crippen molar-refractivity contribution in [3.63, 3.8) is 0 Å².